The van der Waals surface area contributed by atoms with Gasteiger partial charge < -0.3 is 5.73 Å². The predicted molar refractivity (Wildman–Crippen MR) is 51.3 cm³/mol. The Kier molecular flexibility index (Phi) is 2.05. The minimum absolute atomic E-state index is 0.114. The molecule has 0 atom stereocenters. The number of nitrogens with two attached hydrogens (primary N) is 1. The van der Waals surface area contributed by atoms with Crippen molar-refractivity contribution in [2.75, 3.05) is 0 Å². The Morgan fingerprint density at radius 1 is 1.46 bits per heavy atom. The summed E-state index contributed by atoms with van der Waals surface area (Å²) in [5, 5.41) is 0.222. The van der Waals surface area contributed by atoms with Gasteiger partial charge in [0.15, 0.2) is 0 Å². The molecular formula is C10H11ClFN. The van der Waals surface area contributed by atoms with Crippen LogP contribution in [0.2, 0.25) is 5.02 Å². The zero-order chi connectivity index (χ0) is 9.47. The molecule has 1 aromatic carbocycles. The SMILES string of the molecule is NC1(Cc2cccc(F)c2Cl)CC1. The molecule has 0 radical (unpaired) electrons. The number of halogens is 2. The predicted octanol–water partition coefficient (Wildman–Crippen LogP) is 2.51. The highest BCUT2D eigenvalue weighted by molar-refractivity contribution is 6.31. The lowest BCUT2D eigenvalue weighted by molar-refractivity contribution is 0.618. The molecule has 13 heavy (non-hydrogen) atoms. The zero-order valence-corrected chi connectivity index (χ0v) is 7.94. The molecule has 3 heteroatoms. The van der Waals surface area contributed by atoms with Crippen LogP contribution in [0.15, 0.2) is 18.2 Å². The van der Waals surface area contributed by atoms with E-state index in [1.54, 1.807) is 6.07 Å². The molecular weight excluding hydrogens is 189 g/mol. The summed E-state index contributed by atoms with van der Waals surface area (Å²) in [5.41, 5.74) is 6.62. The number of rotatable bonds is 2. The van der Waals surface area contributed by atoms with Gasteiger partial charge in [-0.05, 0) is 30.9 Å². The van der Waals surface area contributed by atoms with Crippen molar-refractivity contribution in [3.63, 3.8) is 0 Å². The van der Waals surface area contributed by atoms with Crippen LogP contribution in [0.5, 0.6) is 0 Å². The van der Waals surface area contributed by atoms with Crippen molar-refractivity contribution in [1.82, 2.24) is 0 Å². The highest BCUT2D eigenvalue weighted by Crippen LogP contribution is 2.37. The van der Waals surface area contributed by atoms with E-state index in [1.165, 1.54) is 6.07 Å². The summed E-state index contributed by atoms with van der Waals surface area (Å²) in [6.07, 6.45) is 2.71. The molecule has 0 spiro atoms. The van der Waals surface area contributed by atoms with E-state index in [1.807, 2.05) is 6.07 Å². The summed E-state index contributed by atoms with van der Waals surface area (Å²) < 4.78 is 13.0. The third kappa shape index (κ3) is 1.84. The Balaban J connectivity index is 2.25. The summed E-state index contributed by atoms with van der Waals surface area (Å²) in [7, 11) is 0. The van der Waals surface area contributed by atoms with Gasteiger partial charge >= 0.3 is 0 Å². The van der Waals surface area contributed by atoms with Crippen molar-refractivity contribution in [2.24, 2.45) is 5.73 Å². The summed E-state index contributed by atoms with van der Waals surface area (Å²) in [5.74, 6) is -0.358. The van der Waals surface area contributed by atoms with Gasteiger partial charge in [-0.3, -0.25) is 0 Å². The van der Waals surface area contributed by atoms with Crippen LogP contribution in [0.4, 0.5) is 4.39 Å². The molecule has 0 heterocycles. The van der Waals surface area contributed by atoms with Gasteiger partial charge in [-0.15, -0.1) is 0 Å². The third-order valence-corrected chi connectivity index (χ3v) is 2.89. The smallest absolute Gasteiger partial charge is 0.142 e. The molecule has 70 valence electrons. The lowest BCUT2D eigenvalue weighted by Crippen LogP contribution is -2.24. The molecule has 0 saturated heterocycles. The monoisotopic (exact) mass is 199 g/mol. The van der Waals surface area contributed by atoms with Crippen LogP contribution in [0.1, 0.15) is 18.4 Å². The van der Waals surface area contributed by atoms with Crippen molar-refractivity contribution in [3.8, 4) is 0 Å². The first-order valence-electron chi connectivity index (χ1n) is 4.32. The molecule has 1 saturated carbocycles. The maximum atomic E-state index is 13.0. The Hall–Kier alpha value is -0.600. The first kappa shape index (κ1) is 8.97. The maximum Gasteiger partial charge on any atom is 0.142 e. The van der Waals surface area contributed by atoms with E-state index in [2.05, 4.69) is 0 Å². The summed E-state index contributed by atoms with van der Waals surface area (Å²) in [4.78, 5) is 0. The average molecular weight is 200 g/mol. The second-order valence-electron chi connectivity index (χ2n) is 3.75. The second kappa shape index (κ2) is 2.96. The number of hydrogen-bond acceptors (Lipinski definition) is 1. The fourth-order valence-corrected chi connectivity index (χ4v) is 1.59. The Bertz CT molecular complexity index is 334. The van der Waals surface area contributed by atoms with Crippen molar-refractivity contribution in [2.45, 2.75) is 24.8 Å². The topological polar surface area (TPSA) is 26.0 Å². The van der Waals surface area contributed by atoms with E-state index >= 15 is 0 Å². The average Bonchev–Trinajstić information content (AvgIpc) is 2.78. The largest absolute Gasteiger partial charge is 0.325 e. The molecule has 0 aromatic heterocycles. The molecule has 0 bridgehead atoms. The Morgan fingerprint density at radius 3 is 2.77 bits per heavy atom. The van der Waals surface area contributed by atoms with Crippen LogP contribution in [-0.4, -0.2) is 5.54 Å². The van der Waals surface area contributed by atoms with Gasteiger partial charge in [0.2, 0.25) is 0 Å². The van der Waals surface area contributed by atoms with Gasteiger partial charge in [0, 0.05) is 5.54 Å². The fraction of sp³-hybridized carbons (Fsp3) is 0.400. The molecule has 0 aliphatic heterocycles. The first-order valence-corrected chi connectivity index (χ1v) is 4.70. The highest BCUT2D eigenvalue weighted by Gasteiger charge is 2.38. The summed E-state index contributed by atoms with van der Waals surface area (Å²) in [6, 6.07) is 4.86. The molecule has 2 N–H and O–H groups in total. The lowest BCUT2D eigenvalue weighted by atomic mass is 10.1. The minimum atomic E-state index is -0.358. The Morgan fingerprint density at radius 2 is 2.15 bits per heavy atom. The normalized spacial score (nSPS) is 18.7. The van der Waals surface area contributed by atoms with Crippen LogP contribution in [0.3, 0.4) is 0 Å². The van der Waals surface area contributed by atoms with Gasteiger partial charge in [0.25, 0.3) is 0 Å². The van der Waals surface area contributed by atoms with Crippen LogP contribution in [-0.2, 0) is 6.42 Å². The van der Waals surface area contributed by atoms with Gasteiger partial charge in [0.05, 0.1) is 5.02 Å². The van der Waals surface area contributed by atoms with Crippen LogP contribution >= 0.6 is 11.6 Å². The fourth-order valence-electron chi connectivity index (χ4n) is 1.40. The van der Waals surface area contributed by atoms with Crippen LogP contribution in [0.25, 0.3) is 0 Å². The molecule has 1 fully saturated rings. The maximum absolute atomic E-state index is 13.0. The van der Waals surface area contributed by atoms with E-state index in [4.69, 9.17) is 17.3 Å². The molecule has 0 amide bonds. The first-order chi connectivity index (χ1) is 6.11. The molecule has 1 aliphatic carbocycles. The van der Waals surface area contributed by atoms with Gasteiger partial charge in [-0.1, -0.05) is 23.7 Å². The summed E-state index contributed by atoms with van der Waals surface area (Å²) in [6.45, 7) is 0. The summed E-state index contributed by atoms with van der Waals surface area (Å²) >= 11 is 5.80. The second-order valence-corrected chi connectivity index (χ2v) is 4.13. The standard InChI is InChI=1S/C10H11ClFN/c11-9-7(2-1-3-8(9)12)6-10(13)4-5-10/h1-3H,4-6,13H2. The van der Waals surface area contributed by atoms with Gasteiger partial charge in [0.1, 0.15) is 5.82 Å². The molecule has 1 aromatic rings. The van der Waals surface area contributed by atoms with Crippen molar-refractivity contribution < 1.29 is 4.39 Å². The molecule has 1 aliphatic rings. The third-order valence-electron chi connectivity index (χ3n) is 2.47. The molecule has 0 unspecified atom stereocenters. The van der Waals surface area contributed by atoms with E-state index in [-0.39, 0.29) is 16.4 Å². The lowest BCUT2D eigenvalue weighted by Gasteiger charge is -2.09. The van der Waals surface area contributed by atoms with Gasteiger partial charge in [-0.25, -0.2) is 4.39 Å². The van der Waals surface area contributed by atoms with Gasteiger partial charge in [-0.2, -0.15) is 0 Å². The number of benzene rings is 1. The Labute approximate surface area is 81.7 Å². The van der Waals surface area contributed by atoms with E-state index in [9.17, 15) is 4.39 Å². The molecule has 2 rings (SSSR count). The minimum Gasteiger partial charge on any atom is -0.325 e. The van der Waals surface area contributed by atoms with Crippen molar-refractivity contribution in [1.29, 1.82) is 0 Å². The highest BCUT2D eigenvalue weighted by atomic mass is 35.5. The van der Waals surface area contributed by atoms with E-state index < -0.39 is 0 Å². The van der Waals surface area contributed by atoms with Crippen molar-refractivity contribution >= 4 is 11.6 Å². The van der Waals surface area contributed by atoms with Crippen molar-refractivity contribution in [3.05, 3.63) is 34.6 Å². The molecule has 1 nitrogen and oxygen atoms in total. The quantitative estimate of drug-likeness (QED) is 0.778. The van der Waals surface area contributed by atoms with Crippen LogP contribution in [0, 0.1) is 5.82 Å². The van der Waals surface area contributed by atoms with E-state index in [0.29, 0.717) is 6.42 Å². The van der Waals surface area contributed by atoms with Crippen LogP contribution < -0.4 is 5.73 Å². The number of hydrogen-bond donors (Lipinski definition) is 1. The zero-order valence-electron chi connectivity index (χ0n) is 7.19. The van der Waals surface area contributed by atoms with E-state index in [0.717, 1.165) is 18.4 Å².